The Balaban J connectivity index is 3.02. The van der Waals surface area contributed by atoms with Crippen LogP contribution in [0.25, 0.3) is 0 Å². The van der Waals surface area contributed by atoms with Gasteiger partial charge in [-0.25, -0.2) is 0 Å². The molecule has 21 heavy (non-hydrogen) atoms. The van der Waals surface area contributed by atoms with Crippen LogP contribution in [0.5, 0.6) is 0 Å². The Morgan fingerprint density at radius 1 is 1.00 bits per heavy atom. The maximum absolute atomic E-state index is 10.6. The zero-order valence-corrected chi connectivity index (χ0v) is 16.9. The molecular weight excluding hydrogens is 365 g/mol. The summed E-state index contributed by atoms with van der Waals surface area (Å²) in [6.45, 7) is 6.91. The Labute approximate surface area is 134 Å². The molecule has 0 aliphatic heterocycles. The molecule has 0 bridgehead atoms. The van der Waals surface area contributed by atoms with Gasteiger partial charge in [-0.2, -0.15) is 0 Å². The summed E-state index contributed by atoms with van der Waals surface area (Å²) < 4.78 is 5.76. The third-order valence-electron chi connectivity index (χ3n) is 4.43. The van der Waals surface area contributed by atoms with Crippen molar-refractivity contribution >= 4 is 28.4 Å². The van der Waals surface area contributed by atoms with Gasteiger partial charge in [0, 0.05) is 0 Å². The van der Waals surface area contributed by atoms with E-state index in [9.17, 15) is 4.79 Å². The summed E-state index contributed by atoms with van der Waals surface area (Å²) in [7, 11) is 0. The average Bonchev–Trinajstić information content (AvgIpc) is 2.51. The van der Waals surface area contributed by atoms with Gasteiger partial charge in [0.1, 0.15) is 0 Å². The summed E-state index contributed by atoms with van der Waals surface area (Å²) >= 11 is -2.33. The number of unbranched alkanes of at least 4 members (excludes halogenated alkanes) is 2. The molecule has 1 heterocycles. The van der Waals surface area contributed by atoms with Crippen LogP contribution in [-0.4, -0.2) is 29.6 Å². The molecule has 1 rings (SSSR count). The molecule has 0 aliphatic rings. The van der Waals surface area contributed by atoms with Crippen LogP contribution < -0.4 is 3.71 Å². The molecule has 1 aromatic rings. The van der Waals surface area contributed by atoms with Gasteiger partial charge < -0.3 is 0 Å². The minimum atomic E-state index is -2.33. The van der Waals surface area contributed by atoms with Crippen molar-refractivity contribution in [3.63, 3.8) is 0 Å². The van der Waals surface area contributed by atoms with Crippen LogP contribution in [-0.2, 0) is 11.2 Å². The molecule has 0 saturated heterocycles. The van der Waals surface area contributed by atoms with Crippen molar-refractivity contribution in [3.8, 4) is 0 Å². The number of aldehydes is 1. The Morgan fingerprint density at radius 3 is 2.10 bits per heavy atom. The third-order valence-corrected chi connectivity index (χ3v) is 20.0. The SMILES string of the molecule is CCC[CH2][Sn]([CH2]CC)([CH2]CCC)[c]1ccc(CC=O)cn1. The van der Waals surface area contributed by atoms with Crippen molar-refractivity contribution in [3.05, 3.63) is 23.9 Å². The molecule has 0 spiro atoms. The van der Waals surface area contributed by atoms with E-state index in [2.05, 4.69) is 32.9 Å². The van der Waals surface area contributed by atoms with Gasteiger partial charge in [-0.15, -0.1) is 0 Å². The molecule has 3 heteroatoms. The molecule has 0 aromatic carbocycles. The fraction of sp³-hybridized carbons (Fsp3) is 0.667. The summed E-state index contributed by atoms with van der Waals surface area (Å²) in [5, 5.41) is 0. The first-order valence-electron chi connectivity index (χ1n) is 8.61. The van der Waals surface area contributed by atoms with Crippen LogP contribution in [0.4, 0.5) is 0 Å². The normalized spacial score (nSPS) is 11.6. The fourth-order valence-corrected chi connectivity index (χ4v) is 18.4. The van der Waals surface area contributed by atoms with Gasteiger partial charge in [0.2, 0.25) is 0 Å². The van der Waals surface area contributed by atoms with E-state index in [4.69, 9.17) is 4.98 Å². The number of nitrogens with zero attached hydrogens (tertiary/aromatic N) is 1. The van der Waals surface area contributed by atoms with Gasteiger partial charge in [-0.05, 0) is 0 Å². The minimum absolute atomic E-state index is 0.494. The van der Waals surface area contributed by atoms with Crippen LogP contribution in [0.2, 0.25) is 13.3 Å². The predicted molar refractivity (Wildman–Crippen MR) is 93.9 cm³/mol. The van der Waals surface area contributed by atoms with Gasteiger partial charge in [-0.3, -0.25) is 0 Å². The molecule has 0 atom stereocenters. The molecule has 118 valence electrons. The summed E-state index contributed by atoms with van der Waals surface area (Å²) in [5.74, 6) is 0. The maximum atomic E-state index is 10.6. The van der Waals surface area contributed by atoms with E-state index < -0.39 is 18.4 Å². The number of carbonyl (C=O) groups is 1. The van der Waals surface area contributed by atoms with Gasteiger partial charge >= 0.3 is 135 Å². The monoisotopic (exact) mass is 397 g/mol. The number of hydrogen-bond donors (Lipinski definition) is 0. The quantitative estimate of drug-likeness (QED) is 0.408. The first kappa shape index (κ1) is 18.7. The van der Waals surface area contributed by atoms with E-state index in [0.29, 0.717) is 6.42 Å². The Morgan fingerprint density at radius 2 is 1.67 bits per heavy atom. The summed E-state index contributed by atoms with van der Waals surface area (Å²) in [6, 6.07) is 4.39. The van der Waals surface area contributed by atoms with Gasteiger partial charge in [0.25, 0.3) is 0 Å². The Hall–Kier alpha value is -0.381. The molecule has 1 aromatic heterocycles. The molecule has 2 nitrogen and oxygen atoms in total. The zero-order valence-electron chi connectivity index (χ0n) is 14.0. The van der Waals surface area contributed by atoms with Gasteiger partial charge in [-0.1, -0.05) is 0 Å². The summed E-state index contributed by atoms with van der Waals surface area (Å²) in [5.41, 5.74) is 1.05. The van der Waals surface area contributed by atoms with Crippen molar-refractivity contribution in [2.45, 2.75) is 72.6 Å². The zero-order chi connectivity index (χ0) is 15.6. The summed E-state index contributed by atoms with van der Waals surface area (Å²) in [4.78, 5) is 15.5. The number of pyridine rings is 1. The van der Waals surface area contributed by atoms with Crippen molar-refractivity contribution in [2.24, 2.45) is 0 Å². The van der Waals surface area contributed by atoms with Crippen LogP contribution in [0.3, 0.4) is 0 Å². The van der Waals surface area contributed by atoms with E-state index >= 15 is 0 Å². The Kier molecular flexibility index (Phi) is 9.21. The van der Waals surface area contributed by atoms with Crippen LogP contribution in [0.15, 0.2) is 18.3 Å². The van der Waals surface area contributed by atoms with Crippen LogP contribution >= 0.6 is 0 Å². The predicted octanol–water partition coefficient (Wildman–Crippen LogP) is 4.49. The summed E-state index contributed by atoms with van der Waals surface area (Å²) in [6.07, 6.45) is 10.00. The molecule has 0 fully saturated rings. The molecule has 0 unspecified atom stereocenters. The van der Waals surface area contributed by atoms with Crippen molar-refractivity contribution in [2.75, 3.05) is 0 Å². The van der Waals surface area contributed by atoms with Crippen LogP contribution in [0, 0.1) is 0 Å². The molecule has 0 saturated carbocycles. The molecule has 0 radical (unpaired) electrons. The first-order chi connectivity index (χ1) is 10.2. The molecule has 0 amide bonds. The second-order valence-corrected chi connectivity index (χ2v) is 19.2. The number of aromatic nitrogens is 1. The molecule has 0 N–H and O–H groups in total. The second kappa shape index (κ2) is 10.4. The number of carbonyl (C=O) groups excluding carboxylic acids is 1. The number of hydrogen-bond acceptors (Lipinski definition) is 2. The van der Waals surface area contributed by atoms with Gasteiger partial charge in [0.15, 0.2) is 0 Å². The standard InChI is InChI=1S/C7H6NO.2C4H9.C3H7.Sn/c9-5-3-7-2-1-4-8-6-7;2*1-3-4-2;1-3-2;/h1-2,5-6H,3H2;2*1,3-4H2,2H3;1,3H2,2H3;. The Bertz CT molecular complexity index is 394. The van der Waals surface area contributed by atoms with E-state index in [-0.39, 0.29) is 0 Å². The van der Waals surface area contributed by atoms with E-state index in [0.717, 1.165) is 11.8 Å². The first-order valence-corrected chi connectivity index (χ1v) is 16.1. The van der Waals surface area contributed by atoms with E-state index in [1.807, 2.05) is 6.20 Å². The number of rotatable bonds is 11. The van der Waals surface area contributed by atoms with E-state index in [1.165, 1.54) is 49.1 Å². The average molecular weight is 396 g/mol. The third kappa shape index (κ3) is 5.72. The fourth-order valence-electron chi connectivity index (χ4n) is 3.22. The van der Waals surface area contributed by atoms with Crippen molar-refractivity contribution < 1.29 is 4.79 Å². The molecular formula is C18H31NOSn. The van der Waals surface area contributed by atoms with E-state index in [1.54, 1.807) is 0 Å². The topological polar surface area (TPSA) is 30.0 Å². The van der Waals surface area contributed by atoms with Crippen molar-refractivity contribution in [1.82, 2.24) is 4.98 Å². The molecule has 0 aliphatic carbocycles. The van der Waals surface area contributed by atoms with Crippen molar-refractivity contribution in [1.29, 1.82) is 0 Å². The second-order valence-electron chi connectivity index (χ2n) is 6.16. The van der Waals surface area contributed by atoms with Gasteiger partial charge in [0.05, 0.1) is 0 Å². The van der Waals surface area contributed by atoms with Crippen LogP contribution in [0.1, 0.15) is 58.4 Å².